The highest BCUT2D eigenvalue weighted by molar-refractivity contribution is 5.91. The largest absolute Gasteiger partial charge is 0.494 e. The van der Waals surface area contributed by atoms with Gasteiger partial charge in [0.15, 0.2) is 0 Å². The molecule has 2 N–H and O–H groups in total. The molecule has 0 aliphatic heterocycles. The van der Waals surface area contributed by atoms with Gasteiger partial charge in [0.1, 0.15) is 5.75 Å². The van der Waals surface area contributed by atoms with Crippen LogP contribution in [0.3, 0.4) is 0 Å². The molecule has 0 spiro atoms. The number of benzene rings is 2. The van der Waals surface area contributed by atoms with E-state index < -0.39 is 0 Å². The fourth-order valence-corrected chi connectivity index (χ4v) is 2.43. The highest BCUT2D eigenvalue weighted by atomic mass is 16.5. The smallest absolute Gasteiger partial charge is 0.224 e. The van der Waals surface area contributed by atoms with Crippen molar-refractivity contribution in [3.8, 4) is 5.75 Å². The molecule has 0 aromatic heterocycles. The summed E-state index contributed by atoms with van der Waals surface area (Å²) >= 11 is 0. The highest BCUT2D eigenvalue weighted by Gasteiger charge is 2.07. The summed E-state index contributed by atoms with van der Waals surface area (Å²) in [5, 5.41) is 12.3. The molecule has 2 aromatic carbocycles. The van der Waals surface area contributed by atoms with Gasteiger partial charge >= 0.3 is 0 Å². The van der Waals surface area contributed by atoms with Crippen LogP contribution < -0.4 is 10.1 Å². The van der Waals surface area contributed by atoms with Gasteiger partial charge in [0.05, 0.1) is 13.2 Å². The van der Waals surface area contributed by atoms with Crippen molar-refractivity contribution in [3.63, 3.8) is 0 Å². The summed E-state index contributed by atoms with van der Waals surface area (Å²) in [4.78, 5) is 12.1. The molecule has 0 radical (unpaired) electrons. The molecule has 0 bridgehead atoms. The van der Waals surface area contributed by atoms with Gasteiger partial charge in [-0.2, -0.15) is 0 Å². The summed E-state index contributed by atoms with van der Waals surface area (Å²) in [6.45, 7) is 4.35. The van der Waals surface area contributed by atoms with Crippen LogP contribution in [0, 0.1) is 6.92 Å². The first-order chi connectivity index (χ1) is 11.1. The van der Waals surface area contributed by atoms with Gasteiger partial charge in [-0.05, 0) is 44.0 Å². The van der Waals surface area contributed by atoms with Gasteiger partial charge in [0.25, 0.3) is 0 Å². The standard InChI is InChI=1S/C19H23NO3/c1-3-23-18-9-8-17(12-16(18)13-21)20-19(22)10-7-15-6-4-5-14(2)11-15/h4-6,8-9,11-12,21H,3,7,10,13H2,1-2H3,(H,20,22). The number of carbonyl (C=O) groups excluding carboxylic acids is 1. The summed E-state index contributed by atoms with van der Waals surface area (Å²) in [7, 11) is 0. The molecular weight excluding hydrogens is 290 g/mol. The van der Waals surface area contributed by atoms with Crippen LogP contribution in [0.4, 0.5) is 5.69 Å². The van der Waals surface area contributed by atoms with Gasteiger partial charge < -0.3 is 15.2 Å². The number of hydrogen-bond acceptors (Lipinski definition) is 3. The maximum Gasteiger partial charge on any atom is 0.224 e. The van der Waals surface area contributed by atoms with E-state index in [1.165, 1.54) is 5.56 Å². The first-order valence-corrected chi connectivity index (χ1v) is 7.84. The van der Waals surface area contributed by atoms with Crippen LogP contribution in [0.15, 0.2) is 42.5 Å². The normalized spacial score (nSPS) is 10.4. The molecule has 122 valence electrons. The number of aliphatic hydroxyl groups is 1. The number of aliphatic hydroxyl groups excluding tert-OH is 1. The molecule has 2 aromatic rings. The maximum absolute atomic E-state index is 12.1. The van der Waals surface area contributed by atoms with E-state index in [-0.39, 0.29) is 12.5 Å². The average Bonchev–Trinajstić information content (AvgIpc) is 2.54. The number of nitrogens with one attached hydrogen (secondary N) is 1. The number of anilines is 1. The van der Waals surface area contributed by atoms with Crippen molar-refractivity contribution >= 4 is 11.6 Å². The monoisotopic (exact) mass is 313 g/mol. The van der Waals surface area contributed by atoms with Gasteiger partial charge in [-0.1, -0.05) is 29.8 Å². The van der Waals surface area contributed by atoms with Crippen molar-refractivity contribution < 1.29 is 14.6 Å². The molecule has 4 nitrogen and oxygen atoms in total. The minimum absolute atomic E-state index is 0.0421. The van der Waals surface area contributed by atoms with Crippen LogP contribution in [-0.2, 0) is 17.8 Å². The van der Waals surface area contributed by atoms with E-state index in [0.717, 1.165) is 5.56 Å². The van der Waals surface area contributed by atoms with Gasteiger partial charge in [-0.25, -0.2) is 0 Å². The lowest BCUT2D eigenvalue weighted by Gasteiger charge is -2.11. The van der Waals surface area contributed by atoms with Crippen molar-refractivity contribution in [2.45, 2.75) is 33.3 Å². The Morgan fingerprint density at radius 1 is 1.22 bits per heavy atom. The predicted octanol–water partition coefficient (Wildman–Crippen LogP) is 3.46. The molecule has 0 aliphatic rings. The zero-order valence-electron chi connectivity index (χ0n) is 13.6. The lowest BCUT2D eigenvalue weighted by molar-refractivity contribution is -0.116. The maximum atomic E-state index is 12.1. The van der Waals surface area contributed by atoms with Crippen LogP contribution in [0.1, 0.15) is 30.0 Å². The first-order valence-electron chi connectivity index (χ1n) is 7.84. The summed E-state index contributed by atoms with van der Waals surface area (Å²) < 4.78 is 5.43. The molecule has 1 amide bonds. The van der Waals surface area contributed by atoms with Crippen molar-refractivity contribution in [3.05, 3.63) is 59.2 Å². The lowest BCUT2D eigenvalue weighted by Crippen LogP contribution is -2.12. The van der Waals surface area contributed by atoms with Crippen LogP contribution in [0.25, 0.3) is 0 Å². The third kappa shape index (κ3) is 5.11. The second kappa shape index (κ2) is 8.34. The van der Waals surface area contributed by atoms with Crippen molar-refractivity contribution in [2.75, 3.05) is 11.9 Å². The zero-order chi connectivity index (χ0) is 16.7. The van der Waals surface area contributed by atoms with E-state index >= 15 is 0 Å². The molecule has 0 unspecified atom stereocenters. The Morgan fingerprint density at radius 3 is 2.74 bits per heavy atom. The molecule has 0 heterocycles. The summed E-state index contributed by atoms with van der Waals surface area (Å²) in [6.07, 6.45) is 1.13. The third-order valence-corrected chi connectivity index (χ3v) is 3.54. The van der Waals surface area contributed by atoms with Gasteiger partial charge in [-0.3, -0.25) is 4.79 Å². The number of aryl methyl sites for hydroxylation is 2. The Morgan fingerprint density at radius 2 is 2.04 bits per heavy atom. The summed E-state index contributed by atoms with van der Waals surface area (Å²) in [5.41, 5.74) is 3.69. The zero-order valence-corrected chi connectivity index (χ0v) is 13.6. The first kappa shape index (κ1) is 17.0. The number of hydrogen-bond donors (Lipinski definition) is 2. The van der Waals surface area contributed by atoms with E-state index in [2.05, 4.69) is 11.4 Å². The molecule has 0 atom stereocenters. The molecule has 0 aliphatic carbocycles. The van der Waals surface area contributed by atoms with E-state index in [1.54, 1.807) is 18.2 Å². The average molecular weight is 313 g/mol. The lowest BCUT2D eigenvalue weighted by atomic mass is 10.1. The van der Waals surface area contributed by atoms with Gasteiger partial charge in [-0.15, -0.1) is 0 Å². The van der Waals surface area contributed by atoms with E-state index in [0.29, 0.717) is 36.4 Å². The Labute approximate surface area is 137 Å². The van der Waals surface area contributed by atoms with E-state index in [4.69, 9.17) is 4.74 Å². The number of ether oxygens (including phenoxy) is 1. The SMILES string of the molecule is CCOc1ccc(NC(=O)CCc2cccc(C)c2)cc1CO. The number of amides is 1. The van der Waals surface area contributed by atoms with E-state index in [9.17, 15) is 9.90 Å². The molecule has 23 heavy (non-hydrogen) atoms. The number of rotatable bonds is 7. The number of carbonyl (C=O) groups is 1. The second-order valence-corrected chi connectivity index (χ2v) is 5.45. The molecular formula is C19H23NO3. The fourth-order valence-electron chi connectivity index (χ4n) is 2.43. The van der Waals surface area contributed by atoms with Crippen LogP contribution in [0.2, 0.25) is 0 Å². The van der Waals surface area contributed by atoms with Crippen LogP contribution >= 0.6 is 0 Å². The van der Waals surface area contributed by atoms with Crippen molar-refractivity contribution in [1.82, 2.24) is 0 Å². The predicted molar refractivity (Wildman–Crippen MR) is 91.7 cm³/mol. The van der Waals surface area contributed by atoms with Crippen LogP contribution in [-0.4, -0.2) is 17.6 Å². The molecule has 0 saturated carbocycles. The minimum Gasteiger partial charge on any atom is -0.494 e. The van der Waals surface area contributed by atoms with Gasteiger partial charge in [0, 0.05) is 17.7 Å². The molecule has 4 heteroatoms. The highest BCUT2D eigenvalue weighted by Crippen LogP contribution is 2.23. The Bertz CT molecular complexity index is 667. The van der Waals surface area contributed by atoms with Crippen LogP contribution in [0.5, 0.6) is 5.75 Å². The topological polar surface area (TPSA) is 58.6 Å². The molecule has 2 rings (SSSR count). The summed E-state index contributed by atoms with van der Waals surface area (Å²) in [6, 6.07) is 13.5. The Hall–Kier alpha value is -2.33. The fraction of sp³-hybridized carbons (Fsp3) is 0.316. The minimum atomic E-state index is -0.123. The van der Waals surface area contributed by atoms with E-state index in [1.807, 2.05) is 32.0 Å². The Kier molecular flexibility index (Phi) is 6.18. The van der Waals surface area contributed by atoms with Crippen molar-refractivity contribution in [1.29, 1.82) is 0 Å². The third-order valence-electron chi connectivity index (χ3n) is 3.54. The molecule has 0 fully saturated rings. The molecule has 0 saturated heterocycles. The quantitative estimate of drug-likeness (QED) is 0.823. The summed E-state index contributed by atoms with van der Waals surface area (Å²) in [5.74, 6) is 0.604. The Balaban J connectivity index is 1.94. The second-order valence-electron chi connectivity index (χ2n) is 5.45. The van der Waals surface area contributed by atoms with Gasteiger partial charge in [0.2, 0.25) is 5.91 Å². The van der Waals surface area contributed by atoms with Crippen molar-refractivity contribution in [2.24, 2.45) is 0 Å².